The van der Waals surface area contributed by atoms with Crippen LogP contribution in [-0.4, -0.2) is 29.9 Å². The molecule has 0 aromatic carbocycles. The van der Waals surface area contributed by atoms with Gasteiger partial charge in [0, 0.05) is 18.6 Å². The van der Waals surface area contributed by atoms with Gasteiger partial charge >= 0.3 is 0 Å². The molecule has 6 rings (SSSR count). The lowest BCUT2D eigenvalue weighted by Crippen LogP contribution is -1.78. The monoisotopic (exact) mass is 592 g/mol. The van der Waals surface area contributed by atoms with Crippen LogP contribution in [0.3, 0.4) is 0 Å². The highest BCUT2D eigenvalue weighted by atomic mass is 32.2. The summed E-state index contributed by atoms with van der Waals surface area (Å²) in [5, 5.41) is 4.75. The Labute approximate surface area is 228 Å². The first-order chi connectivity index (χ1) is 16.4. The number of thiazole rings is 6. The molecule has 0 atom stereocenters. The number of aromatic amines is 1. The molecule has 6 aromatic heterocycles. The molecule has 0 fully saturated rings. The fourth-order valence-corrected chi connectivity index (χ4v) is 9.47. The molecule has 14 heteroatoms. The molecule has 0 saturated carbocycles. The first kappa shape index (κ1) is 22.8. The van der Waals surface area contributed by atoms with Crippen LogP contribution in [0.4, 0.5) is 0 Å². The summed E-state index contributed by atoms with van der Waals surface area (Å²) in [4.78, 5) is 31.7. The van der Waals surface area contributed by atoms with Crippen LogP contribution in [0.1, 0.15) is 11.4 Å². The third-order valence-corrected chi connectivity index (χ3v) is 12.2. The Morgan fingerprint density at radius 3 is 1.97 bits per heavy atom. The maximum absolute atomic E-state index is 5.20. The Kier molecular flexibility index (Phi) is 6.10. The summed E-state index contributed by atoms with van der Waals surface area (Å²) in [6, 6.07) is 0. The lowest BCUT2D eigenvalue weighted by atomic mass is 10.4. The van der Waals surface area contributed by atoms with Gasteiger partial charge in [0.05, 0.1) is 46.2 Å². The Bertz CT molecular complexity index is 1690. The number of hydrogen-bond donors (Lipinski definition) is 2. The molecule has 0 radical (unpaired) electrons. The van der Waals surface area contributed by atoms with Crippen molar-refractivity contribution >= 4 is 92.9 Å². The van der Waals surface area contributed by atoms with Crippen molar-refractivity contribution in [1.82, 2.24) is 29.9 Å². The van der Waals surface area contributed by atoms with Crippen LogP contribution in [0, 0.1) is 17.8 Å². The van der Waals surface area contributed by atoms with E-state index in [0.717, 1.165) is 69.0 Å². The highest BCUT2D eigenvalue weighted by Gasteiger charge is 2.21. The summed E-state index contributed by atoms with van der Waals surface area (Å²) < 4.78 is 1.64. The molecule has 0 aliphatic carbocycles. The smallest absolute Gasteiger partial charge is 0.159 e. The van der Waals surface area contributed by atoms with E-state index in [1.165, 1.54) is 11.3 Å². The lowest BCUT2D eigenvalue weighted by molar-refractivity contribution is 1.24. The van der Waals surface area contributed by atoms with Crippen molar-refractivity contribution < 1.29 is 0 Å². The summed E-state index contributed by atoms with van der Waals surface area (Å²) in [5.41, 5.74) is 1.94. The predicted octanol–water partition coefficient (Wildman–Crippen LogP) is 8.33. The minimum absolute atomic E-state index is 0.750. The Balaban J connectivity index is 1.31. The average molecular weight is 593 g/mol. The average Bonchev–Trinajstić information content (AvgIpc) is 3.61. The summed E-state index contributed by atoms with van der Waals surface area (Å²) in [6.45, 7) is 4.06. The molecule has 0 aliphatic heterocycles. The van der Waals surface area contributed by atoms with Gasteiger partial charge in [0.15, 0.2) is 3.95 Å². The fraction of sp³-hybridized carbons (Fsp3) is 0.100. The second-order valence-electron chi connectivity index (χ2n) is 6.97. The first-order valence-electron chi connectivity index (χ1n) is 9.66. The number of thiol groups is 1. The van der Waals surface area contributed by atoms with Crippen LogP contribution in [-0.2, 0) is 0 Å². The molecular formula is C20H12N6S8. The molecular weight excluding hydrogens is 581 g/mol. The van der Waals surface area contributed by atoms with Crippen molar-refractivity contribution in [3.63, 3.8) is 0 Å². The van der Waals surface area contributed by atoms with Gasteiger partial charge in [-0.1, -0.05) is 0 Å². The van der Waals surface area contributed by atoms with E-state index in [9.17, 15) is 0 Å². The third-order valence-electron chi connectivity index (χ3n) is 4.64. The fourth-order valence-electron chi connectivity index (χ4n) is 3.13. The number of aryl methyl sites for hydroxylation is 2. The van der Waals surface area contributed by atoms with E-state index >= 15 is 0 Å². The zero-order valence-corrected chi connectivity index (χ0v) is 24.0. The molecule has 1 N–H and O–H groups in total. The van der Waals surface area contributed by atoms with Gasteiger partial charge in [0.1, 0.15) is 25.0 Å². The Morgan fingerprint density at radius 2 is 1.26 bits per heavy atom. The van der Waals surface area contributed by atoms with Crippen molar-refractivity contribution in [2.75, 3.05) is 0 Å². The van der Waals surface area contributed by atoms with Gasteiger partial charge in [-0.25, -0.2) is 24.9 Å². The summed E-state index contributed by atoms with van der Waals surface area (Å²) in [6.07, 6.45) is 7.44. The highest BCUT2D eigenvalue weighted by molar-refractivity contribution is 7.83. The van der Waals surface area contributed by atoms with Gasteiger partial charge in [0.2, 0.25) is 0 Å². The molecule has 0 unspecified atom stereocenters. The molecule has 6 aromatic rings. The minimum Gasteiger partial charge on any atom is -0.343 e. The number of rotatable bonds is 5. The predicted molar refractivity (Wildman–Crippen MR) is 152 cm³/mol. The van der Waals surface area contributed by atoms with Gasteiger partial charge in [-0.2, -0.15) is 0 Å². The number of nitrogens with one attached hydrogen (secondary N) is 1. The Morgan fingerprint density at radius 1 is 0.676 bits per heavy atom. The molecule has 170 valence electrons. The standard InChI is InChI=1S/C20H12N6S8/c1-7-13(18-22-3-9(30-18)16-23-6-12(27)32-16)34-19(26-7)14-8(2)25-17(33-14)11-4-21-15(29-11)10-5-24-20(28)31-10/h3-6,27H,1-2H3,(H,24,28). The van der Waals surface area contributed by atoms with Crippen LogP contribution in [0.15, 0.2) is 29.0 Å². The first-order valence-corrected chi connectivity index (χ1v) is 15.4. The van der Waals surface area contributed by atoms with E-state index in [4.69, 9.17) is 22.2 Å². The normalized spacial score (nSPS) is 11.5. The van der Waals surface area contributed by atoms with E-state index in [1.54, 1.807) is 62.9 Å². The highest BCUT2D eigenvalue weighted by Crippen LogP contribution is 2.44. The molecule has 34 heavy (non-hydrogen) atoms. The molecule has 0 amide bonds. The van der Waals surface area contributed by atoms with Crippen molar-refractivity contribution in [3.05, 3.63) is 40.1 Å². The van der Waals surface area contributed by atoms with Crippen molar-refractivity contribution in [2.45, 2.75) is 18.1 Å². The SMILES string of the molecule is Cc1nc(-c2cnc(-c3c[nH]c(=S)s3)s2)sc1-c1nc(C)c(-c2ncc(-c3ncc(S)s3)s2)s1. The number of nitrogens with zero attached hydrogens (tertiary/aromatic N) is 5. The van der Waals surface area contributed by atoms with Crippen LogP contribution >= 0.6 is 92.9 Å². The maximum Gasteiger partial charge on any atom is 0.159 e. The van der Waals surface area contributed by atoms with Crippen LogP contribution in [0.25, 0.3) is 49.4 Å². The Hall–Kier alpha value is -1.65. The van der Waals surface area contributed by atoms with Crippen molar-refractivity contribution in [1.29, 1.82) is 0 Å². The molecule has 0 spiro atoms. The quantitative estimate of drug-likeness (QED) is 0.155. The van der Waals surface area contributed by atoms with Gasteiger partial charge < -0.3 is 4.98 Å². The van der Waals surface area contributed by atoms with E-state index in [1.807, 2.05) is 32.4 Å². The second kappa shape index (κ2) is 9.09. The van der Waals surface area contributed by atoms with Crippen molar-refractivity contribution in [3.8, 4) is 49.4 Å². The van der Waals surface area contributed by atoms with Crippen LogP contribution < -0.4 is 0 Å². The molecule has 6 nitrogen and oxygen atoms in total. The van der Waals surface area contributed by atoms with Crippen molar-refractivity contribution in [2.24, 2.45) is 0 Å². The van der Waals surface area contributed by atoms with E-state index < -0.39 is 0 Å². The molecule has 6 heterocycles. The van der Waals surface area contributed by atoms with Crippen LogP contribution in [0.5, 0.6) is 0 Å². The lowest BCUT2D eigenvalue weighted by Gasteiger charge is -1.90. The number of hydrogen-bond acceptors (Lipinski definition) is 13. The number of aromatic nitrogens is 6. The van der Waals surface area contributed by atoms with Gasteiger partial charge in [0.25, 0.3) is 0 Å². The van der Waals surface area contributed by atoms with Gasteiger partial charge in [-0.3, -0.25) is 0 Å². The van der Waals surface area contributed by atoms with Gasteiger partial charge in [-0.05, 0) is 26.1 Å². The third kappa shape index (κ3) is 4.26. The molecule has 0 saturated heterocycles. The zero-order valence-electron chi connectivity index (χ0n) is 17.4. The largest absolute Gasteiger partial charge is 0.343 e. The molecule has 0 aliphatic rings. The second-order valence-corrected chi connectivity index (χ2v) is 14.6. The van der Waals surface area contributed by atoms with E-state index in [-0.39, 0.29) is 0 Å². The number of H-pyrrole nitrogens is 1. The molecule has 0 bridgehead atoms. The zero-order chi connectivity index (χ0) is 23.4. The topological polar surface area (TPSA) is 80.2 Å². The van der Waals surface area contributed by atoms with Crippen LogP contribution in [0.2, 0.25) is 0 Å². The minimum atomic E-state index is 0.750. The summed E-state index contributed by atoms with van der Waals surface area (Å²) >= 11 is 19.2. The van der Waals surface area contributed by atoms with E-state index in [0.29, 0.717) is 0 Å². The summed E-state index contributed by atoms with van der Waals surface area (Å²) in [5.74, 6) is 0. The maximum atomic E-state index is 5.20. The van der Waals surface area contributed by atoms with Gasteiger partial charge in [-0.15, -0.1) is 80.6 Å². The summed E-state index contributed by atoms with van der Waals surface area (Å²) in [7, 11) is 0. The van der Waals surface area contributed by atoms with E-state index in [2.05, 4.69) is 32.6 Å².